The summed E-state index contributed by atoms with van der Waals surface area (Å²) in [6.07, 6.45) is -2.67. The fraction of sp³-hybridized carbons (Fsp3) is 0.294. The van der Waals surface area contributed by atoms with E-state index in [0.717, 1.165) is 49.7 Å². The summed E-state index contributed by atoms with van der Waals surface area (Å²) in [6, 6.07) is 7.29. The average molecular weight is 347 g/mol. The van der Waals surface area contributed by atoms with Crippen LogP contribution in [0.3, 0.4) is 0 Å². The highest BCUT2D eigenvalue weighted by Gasteiger charge is 2.30. The summed E-state index contributed by atoms with van der Waals surface area (Å²) in [5.41, 5.74) is 0.899. The van der Waals surface area contributed by atoms with Crippen LogP contribution in [0, 0.1) is 0 Å². The number of aromatic amines is 1. The first-order valence-electron chi connectivity index (χ1n) is 8.00. The number of hydrogen-bond acceptors (Lipinski definition) is 4. The molecule has 2 N–H and O–H groups in total. The monoisotopic (exact) mass is 347 g/mol. The third kappa shape index (κ3) is 3.17. The molecule has 130 valence electrons. The van der Waals surface area contributed by atoms with Crippen molar-refractivity contribution in [2.75, 3.05) is 31.1 Å². The Morgan fingerprint density at radius 1 is 1.04 bits per heavy atom. The molecule has 0 atom stereocenters. The lowest BCUT2D eigenvalue weighted by Gasteiger charge is -2.28. The lowest BCUT2D eigenvalue weighted by atomic mass is 10.2. The molecule has 0 saturated carbocycles. The number of H-pyrrole nitrogens is 1. The molecule has 0 spiro atoms. The first-order chi connectivity index (χ1) is 12.0. The predicted molar refractivity (Wildman–Crippen MR) is 89.4 cm³/mol. The lowest BCUT2D eigenvalue weighted by molar-refractivity contribution is -0.137. The van der Waals surface area contributed by atoms with Gasteiger partial charge in [0.15, 0.2) is 0 Å². The fourth-order valence-electron chi connectivity index (χ4n) is 2.93. The minimum Gasteiger partial charge on any atom is -0.354 e. The maximum absolute atomic E-state index is 12.8. The van der Waals surface area contributed by atoms with Crippen LogP contribution in [0.25, 0.3) is 22.4 Å². The molecule has 5 nitrogen and oxygen atoms in total. The normalized spacial score (nSPS) is 15.7. The molecular formula is C17H16F3N5. The van der Waals surface area contributed by atoms with Crippen LogP contribution < -0.4 is 10.2 Å². The number of aromatic nitrogens is 3. The number of nitrogens with zero attached hydrogens (tertiary/aromatic N) is 3. The van der Waals surface area contributed by atoms with E-state index in [4.69, 9.17) is 0 Å². The van der Waals surface area contributed by atoms with Gasteiger partial charge in [-0.15, -0.1) is 0 Å². The van der Waals surface area contributed by atoms with Crippen LogP contribution in [0.15, 0.2) is 36.5 Å². The number of pyridine rings is 1. The van der Waals surface area contributed by atoms with Gasteiger partial charge in [-0.3, -0.25) is 0 Å². The Kier molecular flexibility index (Phi) is 3.84. The minimum atomic E-state index is -4.37. The summed E-state index contributed by atoms with van der Waals surface area (Å²) in [7, 11) is 0. The van der Waals surface area contributed by atoms with E-state index < -0.39 is 11.7 Å². The van der Waals surface area contributed by atoms with Crippen molar-refractivity contribution < 1.29 is 13.2 Å². The van der Waals surface area contributed by atoms with E-state index in [-0.39, 0.29) is 0 Å². The number of benzene rings is 1. The zero-order valence-corrected chi connectivity index (χ0v) is 13.3. The highest BCUT2D eigenvalue weighted by Crippen LogP contribution is 2.31. The summed E-state index contributed by atoms with van der Waals surface area (Å²) < 4.78 is 38.4. The van der Waals surface area contributed by atoms with Crippen LogP contribution in [0.2, 0.25) is 0 Å². The largest absolute Gasteiger partial charge is 0.416 e. The molecule has 1 saturated heterocycles. The van der Waals surface area contributed by atoms with Crippen molar-refractivity contribution in [2.24, 2.45) is 0 Å². The van der Waals surface area contributed by atoms with Gasteiger partial charge in [0.25, 0.3) is 0 Å². The molecule has 0 aliphatic carbocycles. The zero-order chi connectivity index (χ0) is 17.4. The lowest BCUT2D eigenvalue weighted by Crippen LogP contribution is -2.43. The number of fused-ring (bicyclic) bond motifs is 1. The quantitative estimate of drug-likeness (QED) is 0.748. The Hall–Kier alpha value is -2.61. The average Bonchev–Trinajstić information content (AvgIpc) is 3.05. The molecule has 1 aromatic carbocycles. The topological polar surface area (TPSA) is 56.8 Å². The van der Waals surface area contributed by atoms with Crippen molar-refractivity contribution in [3.05, 3.63) is 42.1 Å². The second-order valence-electron chi connectivity index (χ2n) is 5.96. The number of piperazine rings is 1. The Morgan fingerprint density at radius 2 is 1.84 bits per heavy atom. The van der Waals surface area contributed by atoms with E-state index in [2.05, 4.69) is 25.2 Å². The Bertz CT molecular complexity index is 879. The number of hydrogen-bond donors (Lipinski definition) is 2. The van der Waals surface area contributed by atoms with Crippen LogP contribution >= 0.6 is 0 Å². The van der Waals surface area contributed by atoms with Gasteiger partial charge in [-0.05, 0) is 30.3 Å². The van der Waals surface area contributed by atoms with E-state index in [1.54, 1.807) is 6.20 Å². The van der Waals surface area contributed by atoms with Gasteiger partial charge in [0.1, 0.15) is 11.6 Å². The first-order valence-corrected chi connectivity index (χ1v) is 8.00. The van der Waals surface area contributed by atoms with Crippen molar-refractivity contribution in [1.29, 1.82) is 0 Å². The summed E-state index contributed by atoms with van der Waals surface area (Å²) >= 11 is 0. The molecule has 0 unspecified atom stereocenters. The summed E-state index contributed by atoms with van der Waals surface area (Å²) in [6.45, 7) is 3.65. The van der Waals surface area contributed by atoms with Gasteiger partial charge in [-0.25, -0.2) is 9.97 Å². The molecule has 1 aliphatic heterocycles. The molecule has 4 rings (SSSR count). The molecule has 25 heavy (non-hydrogen) atoms. The zero-order valence-electron chi connectivity index (χ0n) is 13.3. The number of rotatable bonds is 2. The molecule has 3 aromatic rings. The molecule has 0 radical (unpaired) electrons. The highest BCUT2D eigenvalue weighted by molar-refractivity contribution is 5.80. The number of anilines is 1. The predicted octanol–water partition coefficient (Wildman–Crippen LogP) is 3.05. The van der Waals surface area contributed by atoms with Crippen LogP contribution in [0.4, 0.5) is 19.0 Å². The van der Waals surface area contributed by atoms with Crippen LogP contribution in [-0.2, 0) is 6.18 Å². The van der Waals surface area contributed by atoms with E-state index in [1.165, 1.54) is 6.07 Å². The van der Waals surface area contributed by atoms with Gasteiger partial charge >= 0.3 is 6.18 Å². The van der Waals surface area contributed by atoms with Gasteiger partial charge in [-0.1, -0.05) is 0 Å². The van der Waals surface area contributed by atoms with Gasteiger partial charge in [-0.2, -0.15) is 13.2 Å². The smallest absolute Gasteiger partial charge is 0.354 e. The number of alkyl halides is 3. The van der Waals surface area contributed by atoms with Gasteiger partial charge in [0.2, 0.25) is 0 Å². The standard InChI is InChI=1S/C17H16F3N5/c18-17(19,20)12-2-3-13-14(9-12)24-16(23-13)11-1-4-15(22-10-11)25-7-5-21-6-8-25/h1-4,9-10,21H,5-8H2,(H,23,24). The van der Waals surface area contributed by atoms with Crippen LogP contribution in [0.5, 0.6) is 0 Å². The Morgan fingerprint density at radius 3 is 2.52 bits per heavy atom. The summed E-state index contributed by atoms with van der Waals surface area (Å²) in [4.78, 5) is 14.0. The van der Waals surface area contributed by atoms with E-state index >= 15 is 0 Å². The van der Waals surface area contributed by atoms with E-state index in [0.29, 0.717) is 16.9 Å². The van der Waals surface area contributed by atoms with Crippen molar-refractivity contribution >= 4 is 16.9 Å². The third-order valence-electron chi connectivity index (χ3n) is 4.27. The maximum atomic E-state index is 12.8. The van der Waals surface area contributed by atoms with E-state index in [9.17, 15) is 13.2 Å². The second kappa shape index (κ2) is 6.03. The molecule has 3 heterocycles. The minimum absolute atomic E-state index is 0.357. The fourth-order valence-corrected chi connectivity index (χ4v) is 2.93. The number of halogens is 3. The molecule has 0 amide bonds. The Labute approximate surface area is 141 Å². The third-order valence-corrected chi connectivity index (χ3v) is 4.27. The van der Waals surface area contributed by atoms with Crippen LogP contribution in [0.1, 0.15) is 5.56 Å². The SMILES string of the molecule is FC(F)(F)c1ccc2nc(-c3ccc(N4CCNCC4)nc3)[nH]c2c1. The van der Waals surface area contributed by atoms with Gasteiger partial charge in [0, 0.05) is 37.9 Å². The van der Waals surface area contributed by atoms with E-state index in [1.807, 2.05) is 12.1 Å². The summed E-state index contributed by atoms with van der Waals surface area (Å²) in [5.74, 6) is 1.40. The molecule has 0 bridgehead atoms. The van der Waals surface area contributed by atoms with Crippen molar-refractivity contribution in [3.63, 3.8) is 0 Å². The second-order valence-corrected chi connectivity index (χ2v) is 5.96. The molecule has 1 aliphatic rings. The molecular weight excluding hydrogens is 331 g/mol. The summed E-state index contributed by atoms with van der Waals surface area (Å²) in [5, 5.41) is 3.29. The van der Waals surface area contributed by atoms with Crippen molar-refractivity contribution in [2.45, 2.75) is 6.18 Å². The molecule has 1 fully saturated rings. The number of nitrogens with one attached hydrogen (secondary N) is 2. The molecule has 8 heteroatoms. The van der Waals surface area contributed by atoms with Gasteiger partial charge < -0.3 is 15.2 Å². The van der Waals surface area contributed by atoms with Crippen LogP contribution in [-0.4, -0.2) is 41.1 Å². The Balaban J connectivity index is 1.62. The van der Waals surface area contributed by atoms with Gasteiger partial charge in [0.05, 0.1) is 16.6 Å². The molecule has 2 aromatic heterocycles. The number of imidazole rings is 1. The first kappa shape index (κ1) is 15.9. The van der Waals surface area contributed by atoms with Crippen molar-refractivity contribution in [3.8, 4) is 11.4 Å². The highest BCUT2D eigenvalue weighted by atomic mass is 19.4. The van der Waals surface area contributed by atoms with Crippen molar-refractivity contribution in [1.82, 2.24) is 20.3 Å². The maximum Gasteiger partial charge on any atom is 0.416 e.